The number of rotatable bonds is 4. The largest absolute Gasteiger partial charge is 0.464 e. The van der Waals surface area contributed by atoms with Crippen LogP contribution in [0, 0.1) is 11.8 Å². The Balaban J connectivity index is 2.09. The number of nitrogens with zero attached hydrogens (tertiary/aromatic N) is 3. The minimum atomic E-state index is 0.192. The minimum Gasteiger partial charge on any atom is -0.464 e. The normalized spacial score (nSPS) is 27.0. The highest BCUT2D eigenvalue weighted by Gasteiger charge is 2.27. The molecule has 0 saturated heterocycles. The zero-order valence-electron chi connectivity index (χ0n) is 11.9. The molecule has 3 N–H and O–H groups in total. The number of nitrogens with two attached hydrogens (primary N) is 1. The third-order valence-electron chi connectivity index (χ3n) is 3.93. The molecule has 1 aliphatic rings. The van der Waals surface area contributed by atoms with Crippen LogP contribution in [0.25, 0.3) is 0 Å². The van der Waals surface area contributed by atoms with E-state index in [1.165, 1.54) is 12.8 Å². The van der Waals surface area contributed by atoms with E-state index in [-0.39, 0.29) is 12.0 Å². The molecular weight excluding hydrogens is 242 g/mol. The van der Waals surface area contributed by atoms with Crippen LogP contribution < -0.4 is 15.8 Å². The molecular formula is C13H23N5O. The molecule has 19 heavy (non-hydrogen) atoms. The second-order valence-electron chi connectivity index (χ2n) is 5.25. The van der Waals surface area contributed by atoms with Crippen LogP contribution in [0.5, 0.6) is 6.01 Å². The van der Waals surface area contributed by atoms with Gasteiger partial charge in [-0.3, -0.25) is 0 Å². The van der Waals surface area contributed by atoms with Gasteiger partial charge in [0, 0.05) is 6.04 Å². The molecule has 0 aliphatic heterocycles. The summed E-state index contributed by atoms with van der Waals surface area (Å²) in [6.45, 7) is 6.97. The van der Waals surface area contributed by atoms with Gasteiger partial charge in [0.25, 0.3) is 0 Å². The Labute approximate surface area is 114 Å². The number of hydrogen-bond acceptors (Lipinski definition) is 6. The van der Waals surface area contributed by atoms with Gasteiger partial charge in [0.05, 0.1) is 6.61 Å². The van der Waals surface area contributed by atoms with Crippen LogP contribution in [0.3, 0.4) is 0 Å². The van der Waals surface area contributed by atoms with Crippen LogP contribution in [0.2, 0.25) is 0 Å². The Morgan fingerprint density at radius 2 is 2.05 bits per heavy atom. The van der Waals surface area contributed by atoms with Gasteiger partial charge in [0.1, 0.15) is 0 Å². The Morgan fingerprint density at radius 3 is 2.79 bits per heavy atom. The van der Waals surface area contributed by atoms with E-state index in [4.69, 9.17) is 10.5 Å². The predicted octanol–water partition coefficient (Wildman–Crippen LogP) is 2.09. The molecule has 3 atom stereocenters. The lowest BCUT2D eigenvalue weighted by atomic mass is 9.78. The fraction of sp³-hybridized carbons (Fsp3) is 0.769. The van der Waals surface area contributed by atoms with Gasteiger partial charge >= 0.3 is 6.01 Å². The van der Waals surface area contributed by atoms with E-state index in [9.17, 15) is 0 Å². The van der Waals surface area contributed by atoms with Crippen molar-refractivity contribution in [3.05, 3.63) is 0 Å². The number of hydrogen-bond donors (Lipinski definition) is 2. The monoisotopic (exact) mass is 265 g/mol. The van der Waals surface area contributed by atoms with Crippen LogP contribution in [0.15, 0.2) is 0 Å². The summed E-state index contributed by atoms with van der Waals surface area (Å²) in [5.74, 6) is 2.03. The Kier molecular flexibility index (Phi) is 4.39. The van der Waals surface area contributed by atoms with E-state index in [0.29, 0.717) is 24.5 Å². The Morgan fingerprint density at radius 1 is 1.26 bits per heavy atom. The van der Waals surface area contributed by atoms with Gasteiger partial charge in [-0.15, -0.1) is 0 Å². The van der Waals surface area contributed by atoms with Crippen molar-refractivity contribution in [3.8, 4) is 6.01 Å². The standard InChI is InChI=1S/C13H23N5O/c1-4-19-13-17-11(14)16-12(18-13)15-10-7-5-6-8(2)9(10)3/h8-10H,4-7H2,1-3H3,(H3,14,15,16,17,18). The van der Waals surface area contributed by atoms with Gasteiger partial charge in [-0.2, -0.15) is 15.0 Å². The van der Waals surface area contributed by atoms with E-state index in [1.54, 1.807) is 0 Å². The lowest BCUT2D eigenvalue weighted by Crippen LogP contribution is -2.35. The smallest absolute Gasteiger partial charge is 0.323 e. The van der Waals surface area contributed by atoms with Crippen molar-refractivity contribution in [1.29, 1.82) is 0 Å². The average Bonchev–Trinajstić information content (AvgIpc) is 2.35. The average molecular weight is 265 g/mol. The first kappa shape index (κ1) is 13.8. The maximum Gasteiger partial charge on any atom is 0.323 e. The first-order valence-corrected chi connectivity index (χ1v) is 7.01. The molecule has 3 unspecified atom stereocenters. The summed E-state index contributed by atoms with van der Waals surface area (Å²) in [4.78, 5) is 12.3. The summed E-state index contributed by atoms with van der Waals surface area (Å²) in [6, 6.07) is 0.675. The number of nitrogen functional groups attached to an aromatic ring is 1. The van der Waals surface area contributed by atoms with E-state index in [1.807, 2.05) is 6.92 Å². The van der Waals surface area contributed by atoms with Crippen molar-refractivity contribution in [2.75, 3.05) is 17.7 Å². The quantitative estimate of drug-likeness (QED) is 0.867. The van der Waals surface area contributed by atoms with Gasteiger partial charge in [0.2, 0.25) is 11.9 Å². The lowest BCUT2D eigenvalue weighted by Gasteiger charge is -2.34. The number of nitrogens with one attached hydrogen (secondary N) is 1. The zero-order valence-corrected chi connectivity index (χ0v) is 11.9. The van der Waals surface area contributed by atoms with Crippen molar-refractivity contribution in [3.63, 3.8) is 0 Å². The Bertz CT molecular complexity index is 425. The van der Waals surface area contributed by atoms with Gasteiger partial charge in [-0.25, -0.2) is 0 Å². The summed E-state index contributed by atoms with van der Waals surface area (Å²) < 4.78 is 5.28. The molecule has 1 heterocycles. The number of ether oxygens (including phenoxy) is 1. The second-order valence-corrected chi connectivity index (χ2v) is 5.25. The summed E-state index contributed by atoms with van der Waals surface area (Å²) in [5.41, 5.74) is 5.67. The molecule has 0 radical (unpaired) electrons. The molecule has 0 spiro atoms. The first-order valence-electron chi connectivity index (χ1n) is 7.01. The first-order chi connectivity index (χ1) is 9.10. The molecule has 0 amide bonds. The van der Waals surface area contributed by atoms with Crippen molar-refractivity contribution < 1.29 is 4.74 Å². The molecule has 1 fully saturated rings. The molecule has 6 nitrogen and oxygen atoms in total. The van der Waals surface area contributed by atoms with E-state index >= 15 is 0 Å². The maximum atomic E-state index is 5.67. The SMILES string of the molecule is CCOc1nc(N)nc(NC2CCCC(C)C2C)n1. The molecule has 0 bridgehead atoms. The molecule has 1 aromatic rings. The summed E-state index contributed by atoms with van der Waals surface area (Å²) in [6.07, 6.45) is 3.67. The van der Waals surface area contributed by atoms with Gasteiger partial charge in [-0.05, 0) is 25.2 Å². The van der Waals surface area contributed by atoms with Crippen molar-refractivity contribution in [2.24, 2.45) is 11.8 Å². The fourth-order valence-corrected chi connectivity index (χ4v) is 2.58. The highest BCUT2D eigenvalue weighted by molar-refractivity contribution is 5.33. The van der Waals surface area contributed by atoms with E-state index in [2.05, 4.69) is 34.1 Å². The third kappa shape index (κ3) is 3.45. The number of aromatic nitrogens is 3. The van der Waals surface area contributed by atoms with Crippen LogP contribution in [0.4, 0.5) is 11.9 Å². The van der Waals surface area contributed by atoms with Crippen molar-refractivity contribution in [2.45, 2.75) is 46.1 Å². The molecule has 1 aromatic heterocycles. The molecule has 6 heteroatoms. The van der Waals surface area contributed by atoms with Gasteiger partial charge in [0.15, 0.2) is 0 Å². The Hall–Kier alpha value is -1.59. The summed E-state index contributed by atoms with van der Waals surface area (Å²) in [7, 11) is 0. The van der Waals surface area contributed by atoms with Crippen molar-refractivity contribution >= 4 is 11.9 Å². The number of anilines is 2. The predicted molar refractivity (Wildman–Crippen MR) is 75.0 cm³/mol. The van der Waals surface area contributed by atoms with E-state index in [0.717, 1.165) is 12.3 Å². The summed E-state index contributed by atoms with van der Waals surface area (Å²) >= 11 is 0. The highest BCUT2D eigenvalue weighted by atomic mass is 16.5. The topological polar surface area (TPSA) is 86.0 Å². The molecule has 2 rings (SSSR count). The molecule has 1 saturated carbocycles. The van der Waals surface area contributed by atoms with Crippen LogP contribution in [0.1, 0.15) is 40.0 Å². The highest BCUT2D eigenvalue weighted by Crippen LogP contribution is 2.31. The van der Waals surface area contributed by atoms with Crippen molar-refractivity contribution in [1.82, 2.24) is 15.0 Å². The third-order valence-corrected chi connectivity index (χ3v) is 3.93. The molecule has 0 aromatic carbocycles. The minimum absolute atomic E-state index is 0.192. The fourth-order valence-electron chi connectivity index (χ4n) is 2.58. The zero-order chi connectivity index (χ0) is 13.8. The van der Waals surface area contributed by atoms with Crippen LogP contribution in [-0.4, -0.2) is 27.6 Å². The van der Waals surface area contributed by atoms with Gasteiger partial charge in [-0.1, -0.05) is 26.7 Å². The molecule has 106 valence electrons. The lowest BCUT2D eigenvalue weighted by molar-refractivity contribution is 0.252. The summed E-state index contributed by atoms with van der Waals surface area (Å²) in [5, 5.41) is 3.38. The maximum absolute atomic E-state index is 5.67. The molecule has 1 aliphatic carbocycles. The van der Waals surface area contributed by atoms with Crippen LogP contribution >= 0.6 is 0 Å². The second kappa shape index (κ2) is 6.04. The van der Waals surface area contributed by atoms with Crippen LogP contribution in [-0.2, 0) is 0 Å². The van der Waals surface area contributed by atoms with Gasteiger partial charge < -0.3 is 15.8 Å². The van der Waals surface area contributed by atoms with E-state index < -0.39 is 0 Å².